The van der Waals surface area contributed by atoms with E-state index in [0.29, 0.717) is 11.5 Å². The topological polar surface area (TPSA) is 21.3 Å². The molecular formula is C18H33NO. The van der Waals surface area contributed by atoms with Crippen LogP contribution in [0.2, 0.25) is 0 Å². The van der Waals surface area contributed by atoms with Crippen molar-refractivity contribution in [2.45, 2.75) is 79.1 Å². The Morgan fingerprint density at radius 3 is 2.35 bits per heavy atom. The minimum atomic E-state index is 0.0925. The van der Waals surface area contributed by atoms with Crippen LogP contribution in [-0.4, -0.2) is 12.3 Å². The molecule has 116 valence electrons. The number of allylic oxidation sites excluding steroid dienone is 2. The molecule has 0 aromatic heterocycles. The molecule has 0 bridgehead atoms. The van der Waals surface area contributed by atoms with Crippen LogP contribution in [0, 0.1) is 11.3 Å². The van der Waals surface area contributed by atoms with Crippen LogP contribution in [0.3, 0.4) is 0 Å². The molecule has 0 aliphatic heterocycles. The molecule has 1 unspecified atom stereocenters. The van der Waals surface area contributed by atoms with Gasteiger partial charge in [0, 0.05) is 5.70 Å². The molecule has 2 heteroatoms. The van der Waals surface area contributed by atoms with E-state index in [1.807, 2.05) is 19.1 Å². The second-order valence-corrected chi connectivity index (χ2v) is 7.04. The quantitative estimate of drug-likeness (QED) is 0.544. The maximum absolute atomic E-state index is 6.21. The average molecular weight is 279 g/mol. The van der Waals surface area contributed by atoms with Gasteiger partial charge in [0.25, 0.3) is 0 Å². The first-order chi connectivity index (χ1) is 9.36. The molecule has 0 amide bonds. The number of nitrogens with one attached hydrogen (secondary N) is 1. The van der Waals surface area contributed by atoms with Gasteiger partial charge < -0.3 is 10.1 Å². The first-order valence-electron chi connectivity index (χ1n) is 8.10. The van der Waals surface area contributed by atoms with Gasteiger partial charge in [-0.05, 0) is 56.4 Å². The van der Waals surface area contributed by atoms with E-state index in [-0.39, 0.29) is 6.23 Å². The van der Waals surface area contributed by atoms with Gasteiger partial charge in [0.1, 0.15) is 6.23 Å². The highest BCUT2D eigenvalue weighted by atomic mass is 16.5. The van der Waals surface area contributed by atoms with Crippen molar-refractivity contribution in [2.24, 2.45) is 11.3 Å². The molecule has 0 radical (unpaired) electrons. The average Bonchev–Trinajstić information content (AvgIpc) is 2.37. The molecule has 1 aliphatic carbocycles. The predicted molar refractivity (Wildman–Crippen MR) is 87.5 cm³/mol. The Labute approximate surface area is 125 Å². The lowest BCUT2D eigenvalue weighted by molar-refractivity contribution is -0.0552. The van der Waals surface area contributed by atoms with E-state index < -0.39 is 0 Å². The SMILES string of the molecule is C=C(/C=C\C)NC(CC)OC1CCC(C(C)(C)C)CC1. The second-order valence-electron chi connectivity index (χ2n) is 7.04. The fourth-order valence-corrected chi connectivity index (χ4v) is 2.99. The Bertz CT molecular complexity index is 319. The van der Waals surface area contributed by atoms with Gasteiger partial charge in [-0.1, -0.05) is 40.3 Å². The Morgan fingerprint density at radius 2 is 1.90 bits per heavy atom. The summed E-state index contributed by atoms with van der Waals surface area (Å²) in [6.07, 6.45) is 10.4. The fourth-order valence-electron chi connectivity index (χ4n) is 2.99. The minimum Gasteiger partial charge on any atom is -0.361 e. The molecule has 1 rings (SSSR count). The zero-order valence-electron chi connectivity index (χ0n) is 14.0. The van der Waals surface area contributed by atoms with Crippen molar-refractivity contribution >= 4 is 0 Å². The zero-order chi connectivity index (χ0) is 15.2. The standard InChI is InChI=1S/C18H33NO/c1-7-9-14(3)19-17(8-2)20-16-12-10-15(11-13-16)18(4,5)6/h7,9,15-17,19H,3,8,10-13H2,1-2,4-6H3/b9-7-. The Balaban J connectivity index is 2.39. The lowest BCUT2D eigenvalue weighted by atomic mass is 9.72. The van der Waals surface area contributed by atoms with E-state index in [1.54, 1.807) is 0 Å². The summed E-state index contributed by atoms with van der Waals surface area (Å²) in [7, 11) is 0. The van der Waals surface area contributed by atoms with Gasteiger partial charge in [0.2, 0.25) is 0 Å². The summed E-state index contributed by atoms with van der Waals surface area (Å²) in [5.74, 6) is 0.841. The van der Waals surface area contributed by atoms with Crippen molar-refractivity contribution in [1.29, 1.82) is 0 Å². The predicted octanol–water partition coefficient (Wildman–Crippen LogP) is 5.02. The van der Waals surface area contributed by atoms with Gasteiger partial charge in [-0.3, -0.25) is 0 Å². The van der Waals surface area contributed by atoms with Gasteiger partial charge in [-0.2, -0.15) is 0 Å². The van der Waals surface area contributed by atoms with Crippen molar-refractivity contribution < 1.29 is 4.74 Å². The summed E-state index contributed by atoms with van der Waals surface area (Å²) in [4.78, 5) is 0. The zero-order valence-corrected chi connectivity index (χ0v) is 14.0. The molecule has 1 aliphatic rings. The van der Waals surface area contributed by atoms with Crippen molar-refractivity contribution in [2.75, 3.05) is 0 Å². The van der Waals surface area contributed by atoms with E-state index in [2.05, 4.69) is 39.6 Å². The number of hydrogen-bond donors (Lipinski definition) is 1. The van der Waals surface area contributed by atoms with Crippen LogP contribution in [0.1, 0.15) is 66.7 Å². The number of ether oxygens (including phenoxy) is 1. The van der Waals surface area contributed by atoms with Gasteiger partial charge in [-0.25, -0.2) is 0 Å². The number of rotatable bonds is 6. The first kappa shape index (κ1) is 17.3. The van der Waals surface area contributed by atoms with Crippen molar-refractivity contribution in [3.05, 3.63) is 24.4 Å². The summed E-state index contributed by atoms with van der Waals surface area (Å²) in [5, 5.41) is 3.35. The van der Waals surface area contributed by atoms with Gasteiger partial charge in [0.15, 0.2) is 0 Å². The summed E-state index contributed by atoms with van der Waals surface area (Å²) in [6, 6.07) is 0. The normalized spacial score (nSPS) is 25.6. The van der Waals surface area contributed by atoms with Crippen molar-refractivity contribution in [1.82, 2.24) is 5.32 Å². The maximum Gasteiger partial charge on any atom is 0.127 e. The fraction of sp³-hybridized carbons (Fsp3) is 0.778. The number of hydrogen-bond acceptors (Lipinski definition) is 2. The smallest absolute Gasteiger partial charge is 0.127 e. The highest BCUT2D eigenvalue weighted by Crippen LogP contribution is 2.38. The third kappa shape index (κ3) is 5.70. The van der Waals surface area contributed by atoms with Gasteiger partial charge in [-0.15, -0.1) is 0 Å². The monoisotopic (exact) mass is 279 g/mol. The maximum atomic E-state index is 6.21. The van der Waals surface area contributed by atoms with Crippen LogP contribution in [0.15, 0.2) is 24.4 Å². The van der Waals surface area contributed by atoms with Crippen LogP contribution in [-0.2, 0) is 4.74 Å². The van der Waals surface area contributed by atoms with E-state index in [4.69, 9.17) is 4.74 Å². The van der Waals surface area contributed by atoms with Crippen LogP contribution in [0.5, 0.6) is 0 Å². The Morgan fingerprint density at radius 1 is 1.30 bits per heavy atom. The highest BCUT2D eigenvalue weighted by molar-refractivity contribution is 5.11. The van der Waals surface area contributed by atoms with Crippen LogP contribution >= 0.6 is 0 Å². The van der Waals surface area contributed by atoms with E-state index in [9.17, 15) is 0 Å². The van der Waals surface area contributed by atoms with Crippen molar-refractivity contribution in [3.8, 4) is 0 Å². The Hall–Kier alpha value is -0.760. The molecule has 1 fully saturated rings. The van der Waals surface area contributed by atoms with E-state index in [1.165, 1.54) is 25.7 Å². The lowest BCUT2D eigenvalue weighted by Crippen LogP contribution is -2.36. The summed E-state index contributed by atoms with van der Waals surface area (Å²) < 4.78 is 6.21. The molecule has 0 aromatic carbocycles. The largest absolute Gasteiger partial charge is 0.361 e. The van der Waals surface area contributed by atoms with Crippen LogP contribution in [0.4, 0.5) is 0 Å². The third-order valence-corrected chi connectivity index (χ3v) is 4.34. The van der Waals surface area contributed by atoms with Gasteiger partial charge >= 0.3 is 0 Å². The summed E-state index contributed by atoms with van der Waals surface area (Å²) >= 11 is 0. The summed E-state index contributed by atoms with van der Waals surface area (Å²) in [5.41, 5.74) is 1.37. The molecule has 0 heterocycles. The first-order valence-corrected chi connectivity index (χ1v) is 8.10. The molecule has 2 nitrogen and oxygen atoms in total. The van der Waals surface area contributed by atoms with Crippen molar-refractivity contribution in [3.63, 3.8) is 0 Å². The van der Waals surface area contributed by atoms with Crippen LogP contribution in [0.25, 0.3) is 0 Å². The van der Waals surface area contributed by atoms with E-state index >= 15 is 0 Å². The van der Waals surface area contributed by atoms with Gasteiger partial charge in [0.05, 0.1) is 6.10 Å². The minimum absolute atomic E-state index is 0.0925. The highest BCUT2D eigenvalue weighted by Gasteiger charge is 2.30. The van der Waals surface area contributed by atoms with E-state index in [0.717, 1.165) is 18.0 Å². The lowest BCUT2D eigenvalue weighted by Gasteiger charge is -2.38. The molecular weight excluding hydrogens is 246 g/mol. The second kappa shape index (κ2) is 7.87. The third-order valence-electron chi connectivity index (χ3n) is 4.34. The van der Waals surface area contributed by atoms with Crippen LogP contribution < -0.4 is 5.32 Å². The molecule has 1 saturated carbocycles. The molecule has 0 saturated heterocycles. The summed E-state index contributed by atoms with van der Waals surface area (Å²) in [6.45, 7) is 15.2. The molecule has 20 heavy (non-hydrogen) atoms. The molecule has 0 aromatic rings. The Kier molecular flexibility index (Phi) is 6.81. The molecule has 0 spiro atoms. The molecule has 1 atom stereocenters. The molecule has 1 N–H and O–H groups in total.